The average Bonchev–Trinajstić information content (AvgIpc) is 2.85. The Hall–Kier alpha value is -1.78. The maximum Gasteiger partial charge on any atom is 0.534 e. The fraction of sp³-hybridized carbons (Fsp3) is 0.600. The Kier molecular flexibility index (Phi) is 3.87. The number of carbonyl (C=O) groups is 1. The van der Waals surface area contributed by atoms with E-state index < -0.39 is 21.5 Å². The molecule has 0 N–H and O–H groups in total. The second-order valence-corrected chi connectivity index (χ2v) is 6.04. The molecule has 1 amide bonds. The SMILES string of the molecule is Cn1nc(OS(=O)(=O)C(F)(F)F)cc1CN1CCCC1=O. The van der Waals surface area contributed by atoms with Crippen molar-refractivity contribution in [3.05, 3.63) is 11.8 Å². The van der Waals surface area contributed by atoms with Gasteiger partial charge in [0.05, 0.1) is 12.2 Å². The summed E-state index contributed by atoms with van der Waals surface area (Å²) in [5.74, 6) is -0.752. The molecule has 0 bridgehead atoms. The van der Waals surface area contributed by atoms with Crippen molar-refractivity contribution in [1.82, 2.24) is 14.7 Å². The lowest BCUT2D eigenvalue weighted by molar-refractivity contribution is -0.128. The Morgan fingerprint density at radius 3 is 2.62 bits per heavy atom. The molecule has 1 fully saturated rings. The van der Waals surface area contributed by atoms with E-state index in [4.69, 9.17) is 0 Å². The lowest BCUT2D eigenvalue weighted by Gasteiger charge is -2.14. The van der Waals surface area contributed by atoms with Gasteiger partial charge in [-0.05, 0) is 6.42 Å². The molecule has 21 heavy (non-hydrogen) atoms. The summed E-state index contributed by atoms with van der Waals surface area (Å²) in [6.07, 6.45) is 1.13. The Labute approximate surface area is 118 Å². The first-order chi connectivity index (χ1) is 9.60. The van der Waals surface area contributed by atoms with Gasteiger partial charge < -0.3 is 9.08 Å². The third-order valence-corrected chi connectivity index (χ3v) is 3.91. The zero-order chi connectivity index (χ0) is 15.8. The Bertz CT molecular complexity index is 653. The maximum absolute atomic E-state index is 12.2. The zero-order valence-electron chi connectivity index (χ0n) is 10.9. The summed E-state index contributed by atoms with van der Waals surface area (Å²) in [4.78, 5) is 13.0. The van der Waals surface area contributed by atoms with Gasteiger partial charge in [-0.3, -0.25) is 9.48 Å². The number of aryl methyl sites for hydroxylation is 1. The molecule has 0 unspecified atom stereocenters. The maximum atomic E-state index is 12.2. The van der Waals surface area contributed by atoms with Gasteiger partial charge >= 0.3 is 15.6 Å². The van der Waals surface area contributed by atoms with Gasteiger partial charge in [-0.15, -0.1) is 5.10 Å². The van der Waals surface area contributed by atoms with Crippen LogP contribution in [0.25, 0.3) is 0 Å². The van der Waals surface area contributed by atoms with Crippen LogP contribution in [0.3, 0.4) is 0 Å². The summed E-state index contributed by atoms with van der Waals surface area (Å²) < 4.78 is 63.5. The van der Waals surface area contributed by atoms with Gasteiger partial charge in [0.25, 0.3) is 5.88 Å². The highest BCUT2D eigenvalue weighted by Crippen LogP contribution is 2.27. The van der Waals surface area contributed by atoms with E-state index in [1.165, 1.54) is 16.6 Å². The van der Waals surface area contributed by atoms with Gasteiger partial charge in [-0.2, -0.15) is 21.6 Å². The van der Waals surface area contributed by atoms with E-state index in [0.717, 1.165) is 6.07 Å². The first-order valence-electron chi connectivity index (χ1n) is 5.91. The highest BCUT2D eigenvalue weighted by atomic mass is 32.2. The molecule has 0 saturated carbocycles. The molecule has 1 aromatic heterocycles. The second kappa shape index (κ2) is 5.20. The number of halogens is 3. The number of likely N-dealkylation sites (tertiary alicyclic amines) is 1. The zero-order valence-corrected chi connectivity index (χ0v) is 11.7. The lowest BCUT2D eigenvalue weighted by Crippen LogP contribution is -2.28. The van der Waals surface area contributed by atoms with Crippen LogP contribution in [-0.2, 0) is 28.5 Å². The molecule has 1 aromatic rings. The molecule has 0 aliphatic carbocycles. The van der Waals surface area contributed by atoms with Gasteiger partial charge in [0.1, 0.15) is 0 Å². The number of hydrogen-bond donors (Lipinski definition) is 0. The van der Waals surface area contributed by atoms with Crippen LogP contribution in [0.4, 0.5) is 13.2 Å². The molecule has 11 heteroatoms. The van der Waals surface area contributed by atoms with Crippen LogP contribution in [0.15, 0.2) is 6.07 Å². The van der Waals surface area contributed by atoms with Gasteiger partial charge in [0.15, 0.2) is 0 Å². The molecule has 118 valence electrons. The summed E-state index contributed by atoms with van der Waals surface area (Å²) in [7, 11) is -4.33. The minimum Gasteiger partial charge on any atom is -0.354 e. The molecule has 2 heterocycles. The quantitative estimate of drug-likeness (QED) is 0.603. The third-order valence-electron chi connectivity index (χ3n) is 2.96. The normalized spacial score (nSPS) is 16.6. The molecular formula is C10H12F3N3O4S. The van der Waals surface area contributed by atoms with Gasteiger partial charge in [-0.25, -0.2) is 0 Å². The van der Waals surface area contributed by atoms with E-state index >= 15 is 0 Å². The van der Waals surface area contributed by atoms with Crippen molar-refractivity contribution < 1.29 is 30.6 Å². The monoisotopic (exact) mass is 327 g/mol. The summed E-state index contributed by atoms with van der Waals surface area (Å²) >= 11 is 0. The van der Waals surface area contributed by atoms with Crippen LogP contribution >= 0.6 is 0 Å². The number of carbonyl (C=O) groups excluding carboxylic acids is 1. The van der Waals surface area contributed by atoms with Crippen molar-refractivity contribution in [3.8, 4) is 5.88 Å². The van der Waals surface area contributed by atoms with Crippen molar-refractivity contribution in [2.75, 3.05) is 6.54 Å². The number of hydrogen-bond acceptors (Lipinski definition) is 5. The molecule has 7 nitrogen and oxygen atoms in total. The van der Waals surface area contributed by atoms with Gasteiger partial charge in [0.2, 0.25) is 5.91 Å². The number of aromatic nitrogens is 2. The number of alkyl halides is 3. The van der Waals surface area contributed by atoms with E-state index in [1.807, 2.05) is 0 Å². The molecule has 2 rings (SSSR count). The predicted molar refractivity (Wildman–Crippen MR) is 63.5 cm³/mol. The fourth-order valence-electron chi connectivity index (χ4n) is 1.89. The summed E-state index contributed by atoms with van der Waals surface area (Å²) in [6, 6.07) is 1.06. The van der Waals surface area contributed by atoms with E-state index in [0.29, 0.717) is 25.1 Å². The Balaban J connectivity index is 2.14. The Morgan fingerprint density at radius 2 is 2.10 bits per heavy atom. The molecule has 0 atom stereocenters. The van der Waals surface area contributed by atoms with E-state index in [1.54, 1.807) is 0 Å². The average molecular weight is 327 g/mol. The molecule has 0 spiro atoms. The fourth-order valence-corrected chi connectivity index (χ4v) is 2.29. The van der Waals surface area contributed by atoms with Crippen molar-refractivity contribution >= 4 is 16.0 Å². The van der Waals surface area contributed by atoms with Crippen LogP contribution in [0.1, 0.15) is 18.5 Å². The summed E-state index contributed by atoms with van der Waals surface area (Å²) in [5.41, 5.74) is -5.15. The topological polar surface area (TPSA) is 81.5 Å². The summed E-state index contributed by atoms with van der Waals surface area (Å²) in [5, 5.41) is 3.55. The smallest absolute Gasteiger partial charge is 0.354 e. The largest absolute Gasteiger partial charge is 0.534 e. The Morgan fingerprint density at radius 1 is 1.43 bits per heavy atom. The number of rotatable bonds is 4. The van der Waals surface area contributed by atoms with Crippen LogP contribution in [-0.4, -0.2) is 41.1 Å². The predicted octanol–water partition coefficient (Wildman–Crippen LogP) is 0.771. The van der Waals surface area contributed by atoms with Crippen molar-refractivity contribution in [2.24, 2.45) is 7.05 Å². The minimum absolute atomic E-state index is 0.0680. The first-order valence-corrected chi connectivity index (χ1v) is 7.32. The molecule has 1 aliphatic heterocycles. The van der Waals surface area contributed by atoms with Crippen molar-refractivity contribution in [3.63, 3.8) is 0 Å². The first kappa shape index (κ1) is 15.6. The summed E-state index contributed by atoms with van der Waals surface area (Å²) in [6.45, 7) is 0.679. The van der Waals surface area contributed by atoms with Crippen molar-refractivity contribution in [1.29, 1.82) is 0 Å². The highest BCUT2D eigenvalue weighted by Gasteiger charge is 2.49. The lowest BCUT2D eigenvalue weighted by atomic mass is 10.4. The van der Waals surface area contributed by atoms with Crippen molar-refractivity contribution in [2.45, 2.75) is 24.9 Å². The van der Waals surface area contributed by atoms with Gasteiger partial charge in [-0.1, -0.05) is 0 Å². The molecule has 1 saturated heterocycles. The van der Waals surface area contributed by atoms with E-state index in [2.05, 4.69) is 9.28 Å². The molecular weight excluding hydrogens is 315 g/mol. The standard InChI is InChI=1S/C10H12F3N3O4S/c1-15-7(6-16-4-2-3-9(16)17)5-8(14-15)20-21(18,19)10(11,12)13/h5H,2-4,6H2,1H3. The van der Waals surface area contributed by atoms with Crippen LogP contribution < -0.4 is 4.18 Å². The number of nitrogens with zero attached hydrogens (tertiary/aromatic N) is 3. The molecule has 0 aromatic carbocycles. The van der Waals surface area contributed by atoms with E-state index in [-0.39, 0.29) is 12.5 Å². The molecule has 0 radical (unpaired) electrons. The minimum atomic E-state index is -5.75. The highest BCUT2D eigenvalue weighted by molar-refractivity contribution is 7.87. The van der Waals surface area contributed by atoms with Crippen LogP contribution in [0.5, 0.6) is 5.88 Å². The number of amides is 1. The third kappa shape index (κ3) is 3.28. The van der Waals surface area contributed by atoms with Gasteiger partial charge in [0, 0.05) is 26.1 Å². The van der Waals surface area contributed by atoms with Crippen LogP contribution in [0, 0.1) is 0 Å². The molecule has 1 aliphatic rings. The van der Waals surface area contributed by atoms with E-state index in [9.17, 15) is 26.4 Å². The van der Waals surface area contributed by atoms with Crippen LogP contribution in [0.2, 0.25) is 0 Å². The second-order valence-electron chi connectivity index (χ2n) is 4.50.